The summed E-state index contributed by atoms with van der Waals surface area (Å²) in [6, 6.07) is 9.38. The maximum Gasteiger partial charge on any atom is 0.416 e. The molecule has 0 radical (unpaired) electrons. The van der Waals surface area contributed by atoms with Crippen molar-refractivity contribution in [2.75, 3.05) is 0 Å². The van der Waals surface area contributed by atoms with Crippen molar-refractivity contribution < 1.29 is 17.9 Å². The molecule has 0 bridgehead atoms. The van der Waals surface area contributed by atoms with Gasteiger partial charge in [0.2, 0.25) is 0 Å². The molecule has 0 atom stereocenters. The zero-order valence-electron chi connectivity index (χ0n) is 10.2. The van der Waals surface area contributed by atoms with Crippen LogP contribution in [-0.4, -0.2) is 0 Å². The molecule has 2 aromatic carbocycles. The number of hydrogen-bond donors (Lipinski definition) is 1. The zero-order valence-corrected chi connectivity index (χ0v) is 11.0. The van der Waals surface area contributed by atoms with Gasteiger partial charge in [0.25, 0.3) is 0 Å². The highest BCUT2D eigenvalue weighted by Gasteiger charge is 2.30. The summed E-state index contributed by atoms with van der Waals surface area (Å²) in [5.74, 6) is 0.738. The van der Waals surface area contributed by atoms with Crippen molar-refractivity contribution in [2.24, 2.45) is 5.73 Å². The molecule has 2 aromatic rings. The maximum atomic E-state index is 12.4. The van der Waals surface area contributed by atoms with Gasteiger partial charge in [0.15, 0.2) is 0 Å². The van der Waals surface area contributed by atoms with Gasteiger partial charge in [0, 0.05) is 11.6 Å². The Labute approximate surface area is 118 Å². The normalized spacial score (nSPS) is 11.4. The highest BCUT2D eigenvalue weighted by Crippen LogP contribution is 2.32. The van der Waals surface area contributed by atoms with Gasteiger partial charge in [-0.25, -0.2) is 0 Å². The summed E-state index contributed by atoms with van der Waals surface area (Å²) in [4.78, 5) is 0. The van der Waals surface area contributed by atoms with Gasteiger partial charge in [-0.2, -0.15) is 13.2 Å². The molecule has 2 rings (SSSR count). The molecular weight excluding hydrogens is 291 g/mol. The second-order valence-electron chi connectivity index (χ2n) is 4.08. The third-order valence-corrected chi connectivity index (χ3v) is 3.01. The van der Waals surface area contributed by atoms with E-state index in [1.54, 1.807) is 18.2 Å². The first-order valence-electron chi connectivity index (χ1n) is 5.74. The summed E-state index contributed by atoms with van der Waals surface area (Å²) in [6.07, 6.45) is -4.36. The second-order valence-corrected chi connectivity index (χ2v) is 4.49. The van der Waals surface area contributed by atoms with E-state index in [1.807, 2.05) is 0 Å². The van der Waals surface area contributed by atoms with Crippen molar-refractivity contribution in [3.63, 3.8) is 0 Å². The molecule has 0 aliphatic heterocycles. The Kier molecular flexibility index (Phi) is 4.20. The highest BCUT2D eigenvalue weighted by molar-refractivity contribution is 6.31. The van der Waals surface area contributed by atoms with E-state index in [0.717, 1.165) is 17.7 Å². The van der Waals surface area contributed by atoms with E-state index in [2.05, 4.69) is 0 Å². The van der Waals surface area contributed by atoms with Crippen molar-refractivity contribution in [1.82, 2.24) is 0 Å². The van der Waals surface area contributed by atoms with Crippen LogP contribution in [0, 0.1) is 0 Å². The smallest absolute Gasteiger partial charge is 0.416 e. The molecule has 0 heterocycles. The number of hydrogen-bond acceptors (Lipinski definition) is 2. The van der Waals surface area contributed by atoms with Gasteiger partial charge < -0.3 is 10.5 Å². The standard InChI is InChI=1S/C14H11ClF3NO/c15-13-7-12(4-1-9(13)8-19)20-11-5-2-10(3-6-11)14(16,17)18/h1-7H,8,19H2. The Morgan fingerprint density at radius 1 is 1.00 bits per heavy atom. The molecule has 2 N–H and O–H groups in total. The van der Waals surface area contributed by atoms with E-state index in [9.17, 15) is 13.2 Å². The van der Waals surface area contributed by atoms with Gasteiger partial charge in [-0.05, 0) is 42.0 Å². The number of alkyl halides is 3. The van der Waals surface area contributed by atoms with Crippen molar-refractivity contribution in [1.29, 1.82) is 0 Å². The van der Waals surface area contributed by atoms with Crippen LogP contribution in [0.4, 0.5) is 13.2 Å². The number of rotatable bonds is 3. The van der Waals surface area contributed by atoms with Gasteiger partial charge in [-0.3, -0.25) is 0 Å². The van der Waals surface area contributed by atoms with E-state index in [1.165, 1.54) is 12.1 Å². The molecule has 0 fully saturated rings. The van der Waals surface area contributed by atoms with Gasteiger partial charge in [0.1, 0.15) is 11.5 Å². The van der Waals surface area contributed by atoms with Crippen molar-refractivity contribution in [3.8, 4) is 11.5 Å². The van der Waals surface area contributed by atoms with Crippen LogP contribution in [0.3, 0.4) is 0 Å². The molecule has 0 aromatic heterocycles. The summed E-state index contributed by atoms with van der Waals surface area (Å²) in [5.41, 5.74) is 5.53. The third-order valence-electron chi connectivity index (χ3n) is 2.66. The Morgan fingerprint density at radius 3 is 2.10 bits per heavy atom. The molecule has 6 heteroatoms. The molecule has 106 valence electrons. The fourth-order valence-corrected chi connectivity index (χ4v) is 1.85. The van der Waals surface area contributed by atoms with Crippen LogP contribution < -0.4 is 10.5 Å². The highest BCUT2D eigenvalue weighted by atomic mass is 35.5. The maximum absolute atomic E-state index is 12.4. The van der Waals surface area contributed by atoms with Gasteiger partial charge >= 0.3 is 6.18 Å². The summed E-state index contributed by atoms with van der Waals surface area (Å²) >= 11 is 5.97. The first-order chi connectivity index (χ1) is 9.40. The number of ether oxygens (including phenoxy) is 1. The lowest BCUT2D eigenvalue weighted by molar-refractivity contribution is -0.137. The number of nitrogens with two attached hydrogens (primary N) is 1. The average molecular weight is 302 g/mol. The minimum absolute atomic E-state index is 0.301. The average Bonchev–Trinajstić information content (AvgIpc) is 2.38. The predicted octanol–water partition coefficient (Wildman–Crippen LogP) is 4.61. The summed E-state index contributed by atoms with van der Waals surface area (Å²) in [5, 5.41) is 0.455. The fourth-order valence-electron chi connectivity index (χ4n) is 1.61. The van der Waals surface area contributed by atoms with Crippen LogP contribution in [0.15, 0.2) is 42.5 Å². The molecule has 0 spiro atoms. The Hall–Kier alpha value is -1.72. The first kappa shape index (κ1) is 14.7. The van der Waals surface area contributed by atoms with Crippen LogP contribution in [0.2, 0.25) is 5.02 Å². The van der Waals surface area contributed by atoms with Gasteiger partial charge in [-0.15, -0.1) is 0 Å². The molecule has 0 unspecified atom stereocenters. The monoisotopic (exact) mass is 301 g/mol. The minimum Gasteiger partial charge on any atom is -0.457 e. The van der Waals surface area contributed by atoms with E-state index in [0.29, 0.717) is 23.1 Å². The topological polar surface area (TPSA) is 35.2 Å². The summed E-state index contributed by atoms with van der Waals surface area (Å²) < 4.78 is 42.7. The molecule has 20 heavy (non-hydrogen) atoms. The second kappa shape index (κ2) is 5.73. The van der Waals surface area contributed by atoms with E-state index >= 15 is 0 Å². The fraction of sp³-hybridized carbons (Fsp3) is 0.143. The Balaban J connectivity index is 2.16. The van der Waals surface area contributed by atoms with E-state index < -0.39 is 11.7 Å². The molecule has 0 aliphatic carbocycles. The van der Waals surface area contributed by atoms with Gasteiger partial charge in [0.05, 0.1) is 5.56 Å². The van der Waals surface area contributed by atoms with Gasteiger partial charge in [-0.1, -0.05) is 17.7 Å². The molecular formula is C14H11ClF3NO. The molecule has 0 aliphatic rings. The van der Waals surface area contributed by atoms with Crippen molar-refractivity contribution >= 4 is 11.6 Å². The molecule has 0 saturated heterocycles. The molecule has 2 nitrogen and oxygen atoms in total. The third kappa shape index (κ3) is 3.43. The quantitative estimate of drug-likeness (QED) is 0.898. The summed E-state index contributed by atoms with van der Waals surface area (Å²) in [7, 11) is 0. The van der Waals surface area contributed by atoms with Crippen LogP contribution in [0.25, 0.3) is 0 Å². The van der Waals surface area contributed by atoms with Crippen LogP contribution in [0.5, 0.6) is 11.5 Å². The lowest BCUT2D eigenvalue weighted by Gasteiger charge is -2.10. The zero-order chi connectivity index (χ0) is 14.8. The van der Waals surface area contributed by atoms with Crippen LogP contribution >= 0.6 is 11.6 Å². The lowest BCUT2D eigenvalue weighted by atomic mass is 10.2. The predicted molar refractivity (Wildman–Crippen MR) is 70.9 cm³/mol. The Morgan fingerprint density at radius 2 is 1.60 bits per heavy atom. The van der Waals surface area contributed by atoms with E-state index in [4.69, 9.17) is 22.1 Å². The largest absolute Gasteiger partial charge is 0.457 e. The molecule has 0 saturated carbocycles. The van der Waals surface area contributed by atoms with Crippen LogP contribution in [-0.2, 0) is 12.7 Å². The van der Waals surface area contributed by atoms with Crippen LogP contribution in [0.1, 0.15) is 11.1 Å². The number of benzene rings is 2. The lowest BCUT2D eigenvalue weighted by Crippen LogP contribution is -2.04. The molecule has 0 amide bonds. The van der Waals surface area contributed by atoms with Crippen molar-refractivity contribution in [3.05, 3.63) is 58.6 Å². The SMILES string of the molecule is NCc1ccc(Oc2ccc(C(F)(F)F)cc2)cc1Cl. The first-order valence-corrected chi connectivity index (χ1v) is 6.11. The summed E-state index contributed by atoms with van der Waals surface area (Å²) in [6.45, 7) is 0.305. The Bertz CT molecular complexity index is 596. The van der Waals surface area contributed by atoms with Crippen molar-refractivity contribution in [2.45, 2.75) is 12.7 Å². The number of halogens is 4. The minimum atomic E-state index is -4.36. The van der Waals surface area contributed by atoms with E-state index in [-0.39, 0.29) is 0 Å².